The zero-order valence-corrected chi connectivity index (χ0v) is 14.0. The lowest BCUT2D eigenvalue weighted by atomic mass is 10.1. The van der Waals surface area contributed by atoms with Gasteiger partial charge in [0.2, 0.25) is 0 Å². The smallest absolute Gasteiger partial charge is 0.269 e. The number of piperazine rings is 1. The molecule has 0 saturated carbocycles. The normalized spacial score (nSPS) is 16.2. The molecule has 0 amide bonds. The van der Waals surface area contributed by atoms with E-state index in [2.05, 4.69) is 14.8 Å². The fraction of sp³-hybridized carbons (Fsp3) is 0.353. The molecule has 24 heavy (non-hydrogen) atoms. The van der Waals surface area contributed by atoms with Crippen molar-refractivity contribution < 1.29 is 4.92 Å². The van der Waals surface area contributed by atoms with Crippen molar-refractivity contribution >= 4 is 17.3 Å². The van der Waals surface area contributed by atoms with E-state index in [1.807, 2.05) is 24.4 Å². The number of aromatic nitrogens is 1. The van der Waals surface area contributed by atoms with Crippen LogP contribution in [0.4, 0.5) is 5.69 Å². The molecule has 0 unspecified atom stereocenters. The van der Waals surface area contributed by atoms with Gasteiger partial charge in [0.15, 0.2) is 0 Å². The molecule has 1 aliphatic rings. The van der Waals surface area contributed by atoms with Crippen molar-refractivity contribution in [2.75, 3.05) is 26.2 Å². The third-order valence-electron chi connectivity index (χ3n) is 4.19. The van der Waals surface area contributed by atoms with Crippen molar-refractivity contribution in [3.63, 3.8) is 0 Å². The van der Waals surface area contributed by atoms with Crippen LogP contribution in [0.5, 0.6) is 0 Å². The SMILES string of the molecule is O=[N+]([O-])c1cccc(CN2CCN(Cc3ccc(Cl)nc3)CC2)c1. The van der Waals surface area contributed by atoms with E-state index in [1.54, 1.807) is 12.1 Å². The summed E-state index contributed by atoms with van der Waals surface area (Å²) < 4.78 is 0. The molecule has 3 rings (SSSR count). The second-order valence-corrected chi connectivity index (χ2v) is 6.36. The number of halogens is 1. The molecule has 1 aromatic carbocycles. The number of nitro groups is 1. The molecule has 0 N–H and O–H groups in total. The Hall–Kier alpha value is -2.02. The van der Waals surface area contributed by atoms with Crippen molar-refractivity contribution in [3.05, 3.63) is 69.0 Å². The van der Waals surface area contributed by atoms with Crippen molar-refractivity contribution in [1.82, 2.24) is 14.8 Å². The van der Waals surface area contributed by atoms with Gasteiger partial charge in [-0.05, 0) is 17.2 Å². The Balaban J connectivity index is 1.51. The third-order valence-corrected chi connectivity index (χ3v) is 4.41. The minimum absolute atomic E-state index is 0.154. The van der Waals surface area contributed by atoms with Gasteiger partial charge < -0.3 is 0 Å². The van der Waals surface area contributed by atoms with Crippen LogP contribution in [0.15, 0.2) is 42.6 Å². The highest BCUT2D eigenvalue weighted by Gasteiger charge is 2.18. The fourth-order valence-electron chi connectivity index (χ4n) is 2.89. The molecule has 126 valence electrons. The summed E-state index contributed by atoms with van der Waals surface area (Å²) in [6, 6.07) is 10.7. The molecule has 0 spiro atoms. The highest BCUT2D eigenvalue weighted by molar-refractivity contribution is 6.29. The summed E-state index contributed by atoms with van der Waals surface area (Å²) in [5.74, 6) is 0. The van der Waals surface area contributed by atoms with Crippen molar-refractivity contribution in [2.24, 2.45) is 0 Å². The Bertz CT molecular complexity index is 700. The number of benzene rings is 1. The fourth-order valence-corrected chi connectivity index (χ4v) is 3.00. The number of rotatable bonds is 5. The first-order valence-electron chi connectivity index (χ1n) is 7.88. The topological polar surface area (TPSA) is 62.5 Å². The maximum absolute atomic E-state index is 10.9. The maximum atomic E-state index is 10.9. The summed E-state index contributed by atoms with van der Waals surface area (Å²) >= 11 is 5.81. The number of pyridine rings is 1. The van der Waals surface area contributed by atoms with Gasteiger partial charge in [-0.2, -0.15) is 0 Å². The zero-order valence-electron chi connectivity index (χ0n) is 13.3. The van der Waals surface area contributed by atoms with Gasteiger partial charge in [-0.3, -0.25) is 19.9 Å². The van der Waals surface area contributed by atoms with Crippen LogP contribution in [0.3, 0.4) is 0 Å². The highest BCUT2D eigenvalue weighted by Crippen LogP contribution is 2.16. The maximum Gasteiger partial charge on any atom is 0.269 e. The molecule has 0 atom stereocenters. The lowest BCUT2D eigenvalue weighted by Gasteiger charge is -2.34. The van der Waals surface area contributed by atoms with Gasteiger partial charge >= 0.3 is 0 Å². The third kappa shape index (κ3) is 4.50. The summed E-state index contributed by atoms with van der Waals surface area (Å²) in [5.41, 5.74) is 2.30. The van der Waals surface area contributed by atoms with Gasteiger partial charge in [0.1, 0.15) is 5.15 Å². The van der Waals surface area contributed by atoms with Gasteiger partial charge in [-0.15, -0.1) is 0 Å². The quantitative estimate of drug-likeness (QED) is 0.473. The number of nitro benzene ring substituents is 1. The van der Waals surface area contributed by atoms with Crippen LogP contribution < -0.4 is 0 Å². The van der Waals surface area contributed by atoms with Crippen molar-refractivity contribution in [2.45, 2.75) is 13.1 Å². The highest BCUT2D eigenvalue weighted by atomic mass is 35.5. The Morgan fingerprint density at radius 2 is 1.71 bits per heavy atom. The van der Waals surface area contributed by atoms with Crippen LogP contribution in [0.25, 0.3) is 0 Å². The van der Waals surface area contributed by atoms with E-state index in [9.17, 15) is 10.1 Å². The van der Waals surface area contributed by atoms with Crippen LogP contribution in [0, 0.1) is 10.1 Å². The molecule has 1 fully saturated rings. The largest absolute Gasteiger partial charge is 0.297 e. The van der Waals surface area contributed by atoms with Crippen molar-refractivity contribution in [1.29, 1.82) is 0 Å². The second-order valence-electron chi connectivity index (χ2n) is 5.97. The summed E-state index contributed by atoms with van der Waals surface area (Å²) in [6.45, 7) is 5.45. The Kier molecular flexibility index (Phi) is 5.40. The molecule has 2 heterocycles. The molecular weight excluding hydrogens is 328 g/mol. The predicted octanol–water partition coefficient (Wildman–Crippen LogP) is 2.96. The lowest BCUT2D eigenvalue weighted by molar-refractivity contribution is -0.384. The van der Waals surface area contributed by atoms with Gasteiger partial charge in [-0.1, -0.05) is 29.8 Å². The summed E-state index contributed by atoms with van der Waals surface area (Å²) in [7, 11) is 0. The van der Waals surface area contributed by atoms with Crippen molar-refractivity contribution in [3.8, 4) is 0 Å². The van der Waals surface area contributed by atoms with Crippen LogP contribution in [-0.4, -0.2) is 45.9 Å². The Labute approximate surface area is 145 Å². The first-order valence-corrected chi connectivity index (χ1v) is 8.26. The monoisotopic (exact) mass is 346 g/mol. The van der Waals surface area contributed by atoms with Crippen LogP contribution in [-0.2, 0) is 13.1 Å². The summed E-state index contributed by atoms with van der Waals surface area (Å²) in [4.78, 5) is 19.3. The van der Waals surface area contributed by atoms with Gasteiger partial charge in [0.25, 0.3) is 5.69 Å². The van der Waals surface area contributed by atoms with Crippen LogP contribution in [0.1, 0.15) is 11.1 Å². The molecule has 1 aliphatic heterocycles. The zero-order chi connectivity index (χ0) is 16.9. The van der Waals surface area contributed by atoms with Gasteiger partial charge in [-0.25, -0.2) is 4.98 Å². The van der Waals surface area contributed by atoms with E-state index >= 15 is 0 Å². The number of hydrogen-bond acceptors (Lipinski definition) is 5. The number of hydrogen-bond donors (Lipinski definition) is 0. The minimum atomic E-state index is -0.346. The van der Waals surface area contributed by atoms with Gasteiger partial charge in [0, 0.05) is 57.6 Å². The first kappa shape index (κ1) is 16.8. The lowest BCUT2D eigenvalue weighted by Crippen LogP contribution is -2.45. The predicted molar refractivity (Wildman–Crippen MR) is 92.9 cm³/mol. The molecule has 6 nitrogen and oxygen atoms in total. The van der Waals surface area contributed by atoms with E-state index in [0.717, 1.165) is 50.4 Å². The molecule has 0 radical (unpaired) electrons. The number of nitrogens with zero attached hydrogens (tertiary/aromatic N) is 4. The number of non-ortho nitro benzene ring substituents is 1. The molecule has 1 saturated heterocycles. The Morgan fingerprint density at radius 3 is 2.29 bits per heavy atom. The molecule has 2 aromatic rings. The molecule has 1 aromatic heterocycles. The van der Waals surface area contributed by atoms with E-state index in [-0.39, 0.29) is 10.6 Å². The first-order chi connectivity index (χ1) is 11.6. The average molecular weight is 347 g/mol. The molecule has 0 bridgehead atoms. The van der Waals surface area contributed by atoms with Gasteiger partial charge in [0.05, 0.1) is 4.92 Å². The summed E-state index contributed by atoms with van der Waals surface area (Å²) in [5, 5.41) is 11.4. The molecular formula is C17H19ClN4O2. The van der Waals surface area contributed by atoms with E-state index < -0.39 is 0 Å². The standard InChI is InChI=1S/C17H19ClN4O2/c18-17-5-4-15(11-19-17)13-21-8-6-20(7-9-21)12-14-2-1-3-16(10-14)22(23)24/h1-5,10-11H,6-9,12-13H2. The molecule has 0 aliphatic carbocycles. The Morgan fingerprint density at radius 1 is 1.04 bits per heavy atom. The molecule has 7 heteroatoms. The van der Waals surface area contributed by atoms with E-state index in [0.29, 0.717) is 5.15 Å². The van der Waals surface area contributed by atoms with Crippen LogP contribution >= 0.6 is 11.6 Å². The van der Waals surface area contributed by atoms with Crippen LogP contribution in [0.2, 0.25) is 5.15 Å². The summed E-state index contributed by atoms with van der Waals surface area (Å²) in [6.07, 6.45) is 1.82. The minimum Gasteiger partial charge on any atom is -0.297 e. The van der Waals surface area contributed by atoms with E-state index in [1.165, 1.54) is 6.07 Å². The average Bonchev–Trinajstić information content (AvgIpc) is 2.59. The second kappa shape index (κ2) is 7.70. The van der Waals surface area contributed by atoms with E-state index in [4.69, 9.17) is 11.6 Å².